The van der Waals surface area contributed by atoms with E-state index in [4.69, 9.17) is 5.73 Å². The topological polar surface area (TPSA) is 80.5 Å². The number of nitrogens with two attached hydrogens (primary N) is 1. The van der Waals surface area contributed by atoms with Crippen LogP contribution in [0.1, 0.15) is 24.2 Å². The Morgan fingerprint density at radius 3 is 2.79 bits per heavy atom. The fourth-order valence-electron chi connectivity index (χ4n) is 1.98. The van der Waals surface area contributed by atoms with Gasteiger partial charge < -0.3 is 5.73 Å². The molecule has 0 saturated heterocycles. The highest BCUT2D eigenvalue weighted by molar-refractivity contribution is 8.01. The monoisotopic (exact) mass is 278 g/mol. The molecule has 2 amide bonds. The van der Waals surface area contributed by atoms with Crippen molar-refractivity contribution in [3.8, 4) is 0 Å². The molecule has 1 aromatic carbocycles. The van der Waals surface area contributed by atoms with Gasteiger partial charge in [0.2, 0.25) is 11.8 Å². The van der Waals surface area contributed by atoms with Crippen LogP contribution in [0.15, 0.2) is 23.1 Å². The second kappa shape index (κ2) is 5.05. The van der Waals surface area contributed by atoms with Gasteiger partial charge in [0.25, 0.3) is 0 Å². The minimum atomic E-state index is -0.711. The molecule has 19 heavy (non-hydrogen) atoms. The number of hydrogen-bond donors (Lipinski definition) is 1. The number of carbonyl (C=O) groups excluding carboxylic acids is 3. The second-order valence-electron chi connectivity index (χ2n) is 4.39. The number of fused-ring (bicyclic) bond motifs is 1. The highest BCUT2D eigenvalue weighted by Gasteiger charge is 2.35. The molecule has 0 radical (unpaired) electrons. The quantitative estimate of drug-likeness (QED) is 0.842. The van der Waals surface area contributed by atoms with Crippen LogP contribution in [-0.4, -0.2) is 29.4 Å². The molecule has 0 bridgehead atoms. The van der Waals surface area contributed by atoms with E-state index < -0.39 is 11.9 Å². The summed E-state index contributed by atoms with van der Waals surface area (Å²) in [7, 11) is 0. The van der Waals surface area contributed by atoms with Gasteiger partial charge in [0.15, 0.2) is 0 Å². The smallest absolute Gasteiger partial charge is 0.240 e. The molecule has 1 heterocycles. The van der Waals surface area contributed by atoms with Crippen molar-refractivity contribution in [1.29, 1.82) is 0 Å². The minimum absolute atomic E-state index is 0.150. The van der Waals surface area contributed by atoms with Gasteiger partial charge >= 0.3 is 0 Å². The van der Waals surface area contributed by atoms with E-state index in [0.29, 0.717) is 11.3 Å². The lowest BCUT2D eigenvalue weighted by molar-refractivity contribution is -0.124. The van der Waals surface area contributed by atoms with Crippen LogP contribution in [0.3, 0.4) is 0 Å². The molecule has 0 aromatic heterocycles. The van der Waals surface area contributed by atoms with E-state index in [2.05, 4.69) is 0 Å². The summed E-state index contributed by atoms with van der Waals surface area (Å²) < 4.78 is 0. The highest BCUT2D eigenvalue weighted by Crippen LogP contribution is 2.40. The summed E-state index contributed by atoms with van der Waals surface area (Å²) in [6.07, 6.45) is 0.754. The second-order valence-corrected chi connectivity index (χ2v) is 5.77. The van der Waals surface area contributed by atoms with Crippen LogP contribution < -0.4 is 10.6 Å². The number of amides is 2. The van der Waals surface area contributed by atoms with Gasteiger partial charge in [0.1, 0.15) is 12.3 Å². The maximum atomic E-state index is 12.2. The van der Waals surface area contributed by atoms with Crippen LogP contribution in [0.4, 0.5) is 5.69 Å². The number of benzene rings is 1. The summed E-state index contributed by atoms with van der Waals surface area (Å²) in [5, 5.41) is -0.309. The first kappa shape index (κ1) is 13.6. The van der Waals surface area contributed by atoms with Gasteiger partial charge in [0.05, 0.1) is 10.9 Å². The van der Waals surface area contributed by atoms with E-state index >= 15 is 0 Å². The Morgan fingerprint density at radius 1 is 1.53 bits per heavy atom. The third kappa shape index (κ3) is 2.35. The summed E-state index contributed by atoms with van der Waals surface area (Å²) >= 11 is 1.38. The molecule has 2 N–H and O–H groups in total. The molecule has 6 heteroatoms. The molecular weight excluding hydrogens is 264 g/mol. The molecule has 0 aliphatic carbocycles. The predicted molar refractivity (Wildman–Crippen MR) is 73.3 cm³/mol. The van der Waals surface area contributed by atoms with Gasteiger partial charge in [-0.3, -0.25) is 19.3 Å². The van der Waals surface area contributed by atoms with Crippen molar-refractivity contribution >= 4 is 35.5 Å². The molecule has 2 atom stereocenters. The zero-order chi connectivity index (χ0) is 14.2. The molecule has 100 valence electrons. The predicted octanol–water partition coefficient (Wildman–Crippen LogP) is 1.20. The van der Waals surface area contributed by atoms with Crippen molar-refractivity contribution in [3.05, 3.63) is 23.8 Å². The van der Waals surface area contributed by atoms with E-state index in [9.17, 15) is 14.4 Å². The van der Waals surface area contributed by atoms with Crippen molar-refractivity contribution in [2.45, 2.75) is 30.0 Å². The molecule has 2 unspecified atom stereocenters. The maximum Gasteiger partial charge on any atom is 0.240 e. The lowest BCUT2D eigenvalue weighted by Crippen LogP contribution is -2.50. The zero-order valence-corrected chi connectivity index (χ0v) is 11.4. The Balaban J connectivity index is 2.53. The Kier molecular flexibility index (Phi) is 3.61. The molecular formula is C13H14N2O3S. The van der Waals surface area contributed by atoms with E-state index in [1.165, 1.54) is 16.7 Å². The third-order valence-electron chi connectivity index (χ3n) is 3.07. The number of nitrogens with zero attached hydrogens (tertiary/aromatic N) is 1. The average Bonchev–Trinajstić information content (AvgIpc) is 2.39. The standard InChI is InChI=1S/C13H14N2O3S/c1-7(12(14)17)15-10-4-3-9(6-16)5-11(10)19-8(2)13(15)18/h3-8H,1-2H3,(H2,14,17). The number of thioether (sulfide) groups is 1. The van der Waals surface area contributed by atoms with Gasteiger partial charge in [0, 0.05) is 10.5 Å². The van der Waals surface area contributed by atoms with Crippen molar-refractivity contribution in [2.24, 2.45) is 5.73 Å². The van der Waals surface area contributed by atoms with Crippen LogP contribution in [0.25, 0.3) is 0 Å². The number of anilines is 1. The summed E-state index contributed by atoms with van der Waals surface area (Å²) in [5.74, 6) is -0.708. The fourth-order valence-corrected chi connectivity index (χ4v) is 3.07. The maximum absolute atomic E-state index is 12.2. The Bertz CT molecular complexity index is 559. The molecule has 2 rings (SSSR count). The summed E-state index contributed by atoms with van der Waals surface area (Å²) in [6, 6.07) is 4.30. The van der Waals surface area contributed by atoms with Crippen molar-refractivity contribution in [2.75, 3.05) is 4.90 Å². The highest BCUT2D eigenvalue weighted by atomic mass is 32.2. The van der Waals surface area contributed by atoms with Crippen LogP contribution in [-0.2, 0) is 9.59 Å². The minimum Gasteiger partial charge on any atom is -0.368 e. The average molecular weight is 278 g/mol. The Hall–Kier alpha value is -1.82. The lowest BCUT2D eigenvalue weighted by atomic mass is 10.1. The van der Waals surface area contributed by atoms with Crippen LogP contribution in [0.5, 0.6) is 0 Å². The first-order chi connectivity index (χ1) is 8.95. The largest absolute Gasteiger partial charge is 0.368 e. The summed E-state index contributed by atoms with van der Waals surface area (Å²) in [5.41, 5.74) is 6.46. The SMILES string of the molecule is CC1Sc2cc(C=O)ccc2N(C(C)C(N)=O)C1=O. The Labute approximate surface area is 115 Å². The normalized spacial score (nSPS) is 19.8. The zero-order valence-electron chi connectivity index (χ0n) is 10.6. The van der Waals surface area contributed by atoms with Crippen molar-refractivity contribution in [1.82, 2.24) is 0 Å². The number of hydrogen-bond acceptors (Lipinski definition) is 4. The van der Waals surface area contributed by atoms with Gasteiger partial charge in [-0.05, 0) is 32.0 Å². The van der Waals surface area contributed by atoms with Crippen molar-refractivity contribution < 1.29 is 14.4 Å². The number of rotatable bonds is 3. The summed E-state index contributed by atoms with van der Waals surface area (Å²) in [6.45, 7) is 3.37. The number of aldehydes is 1. The van der Waals surface area contributed by atoms with Crippen LogP contribution in [0, 0.1) is 0 Å². The first-order valence-electron chi connectivity index (χ1n) is 5.84. The van der Waals surface area contributed by atoms with E-state index in [1.807, 2.05) is 0 Å². The lowest BCUT2D eigenvalue weighted by Gasteiger charge is -2.35. The molecule has 0 fully saturated rings. The van der Waals surface area contributed by atoms with E-state index in [-0.39, 0.29) is 11.2 Å². The van der Waals surface area contributed by atoms with Gasteiger partial charge in [-0.1, -0.05) is 0 Å². The van der Waals surface area contributed by atoms with E-state index in [0.717, 1.165) is 11.2 Å². The third-order valence-corrected chi connectivity index (χ3v) is 4.20. The summed E-state index contributed by atoms with van der Waals surface area (Å²) in [4.78, 5) is 36.6. The Morgan fingerprint density at radius 2 is 2.21 bits per heavy atom. The van der Waals surface area contributed by atoms with Crippen molar-refractivity contribution in [3.63, 3.8) is 0 Å². The fraction of sp³-hybridized carbons (Fsp3) is 0.308. The molecule has 0 spiro atoms. The van der Waals surface area contributed by atoms with E-state index in [1.54, 1.807) is 32.0 Å². The van der Waals surface area contributed by atoms with Gasteiger partial charge in [-0.25, -0.2) is 0 Å². The number of primary amides is 1. The number of carbonyl (C=O) groups is 3. The molecule has 1 aliphatic rings. The van der Waals surface area contributed by atoms with Crippen LogP contribution in [0.2, 0.25) is 0 Å². The molecule has 1 aliphatic heterocycles. The molecule has 5 nitrogen and oxygen atoms in total. The molecule has 0 saturated carbocycles. The van der Waals surface area contributed by atoms with Gasteiger partial charge in [-0.2, -0.15) is 0 Å². The molecule has 1 aromatic rings. The van der Waals surface area contributed by atoms with Gasteiger partial charge in [-0.15, -0.1) is 11.8 Å². The first-order valence-corrected chi connectivity index (χ1v) is 6.72. The van der Waals surface area contributed by atoms with Crippen LogP contribution >= 0.6 is 11.8 Å².